The van der Waals surface area contributed by atoms with Crippen molar-refractivity contribution >= 4 is 34.6 Å². The molecule has 2 atom stereocenters. The van der Waals surface area contributed by atoms with Crippen molar-refractivity contribution in [2.24, 2.45) is 0 Å². The summed E-state index contributed by atoms with van der Waals surface area (Å²) in [5.74, 6) is 0.738. The first-order chi connectivity index (χ1) is 10.1. The van der Waals surface area contributed by atoms with E-state index in [-0.39, 0.29) is 0 Å². The highest BCUT2D eigenvalue weighted by molar-refractivity contribution is 7.93. The molecular weight excluding hydrogens is 326 g/mol. The van der Waals surface area contributed by atoms with Crippen LogP contribution in [0, 0.1) is 6.92 Å². The molecule has 1 aliphatic heterocycles. The SMILES string of the molecule is Cc1cccc(Cl)c1S(=O)N1CCCCC1CCCSO. The minimum absolute atomic E-state index is 0.322. The lowest BCUT2D eigenvalue weighted by Crippen LogP contribution is -2.41. The van der Waals surface area contributed by atoms with Crippen LogP contribution in [0.3, 0.4) is 0 Å². The molecule has 0 spiro atoms. The Hall–Kier alpha value is -0.0700. The Labute approximate surface area is 138 Å². The van der Waals surface area contributed by atoms with Crippen LogP contribution in [0.1, 0.15) is 37.7 Å². The smallest absolute Gasteiger partial charge is 0.129 e. The Morgan fingerprint density at radius 2 is 2.29 bits per heavy atom. The highest BCUT2D eigenvalue weighted by Crippen LogP contribution is 2.30. The summed E-state index contributed by atoms with van der Waals surface area (Å²) in [7, 11) is -1.20. The zero-order valence-corrected chi connectivity index (χ0v) is 14.6. The summed E-state index contributed by atoms with van der Waals surface area (Å²) in [5.41, 5.74) is 0.982. The van der Waals surface area contributed by atoms with Crippen LogP contribution in [0.15, 0.2) is 23.1 Å². The third-order valence-electron chi connectivity index (χ3n) is 3.90. The van der Waals surface area contributed by atoms with Crippen molar-refractivity contribution in [1.29, 1.82) is 0 Å². The molecule has 1 aliphatic rings. The van der Waals surface area contributed by atoms with Crippen molar-refractivity contribution in [2.45, 2.75) is 50.0 Å². The van der Waals surface area contributed by atoms with E-state index in [1.165, 1.54) is 6.42 Å². The molecular formula is C15H22ClNO2S2. The zero-order valence-electron chi connectivity index (χ0n) is 12.3. The Morgan fingerprint density at radius 1 is 1.48 bits per heavy atom. The molecule has 0 saturated carbocycles. The van der Waals surface area contributed by atoms with Gasteiger partial charge in [0.25, 0.3) is 0 Å². The van der Waals surface area contributed by atoms with Crippen molar-refractivity contribution in [2.75, 3.05) is 12.3 Å². The zero-order chi connectivity index (χ0) is 15.2. The van der Waals surface area contributed by atoms with E-state index in [2.05, 4.69) is 4.31 Å². The third kappa shape index (κ3) is 4.45. The molecule has 0 aromatic heterocycles. The van der Waals surface area contributed by atoms with Crippen LogP contribution in [-0.4, -0.2) is 31.4 Å². The molecule has 1 aromatic carbocycles. The Morgan fingerprint density at radius 3 is 3.00 bits per heavy atom. The summed E-state index contributed by atoms with van der Waals surface area (Å²) in [6.07, 6.45) is 5.27. The Bertz CT molecular complexity index is 478. The molecule has 1 saturated heterocycles. The van der Waals surface area contributed by atoms with Gasteiger partial charge in [-0.2, -0.15) is 0 Å². The predicted octanol–water partition coefficient (Wildman–Crippen LogP) is 4.51. The van der Waals surface area contributed by atoms with Gasteiger partial charge in [0.2, 0.25) is 0 Å². The van der Waals surface area contributed by atoms with Crippen molar-refractivity contribution in [3.63, 3.8) is 0 Å². The first kappa shape index (κ1) is 17.3. The number of halogens is 1. The van der Waals surface area contributed by atoms with Crippen LogP contribution in [0.2, 0.25) is 5.02 Å². The first-order valence-electron chi connectivity index (χ1n) is 7.35. The fourth-order valence-corrected chi connectivity index (χ4v) is 5.12. The second kappa shape index (κ2) is 8.53. The minimum atomic E-state index is -1.20. The lowest BCUT2D eigenvalue weighted by atomic mass is 10.0. The lowest BCUT2D eigenvalue weighted by molar-refractivity contribution is 0.250. The maximum absolute atomic E-state index is 13.0. The van der Waals surface area contributed by atoms with Crippen LogP contribution < -0.4 is 0 Å². The van der Waals surface area contributed by atoms with Crippen molar-refractivity contribution in [3.05, 3.63) is 28.8 Å². The minimum Gasteiger partial charge on any atom is -0.330 e. The molecule has 0 radical (unpaired) electrons. The first-order valence-corrected chi connectivity index (χ1v) is 9.78. The van der Waals surface area contributed by atoms with Crippen LogP contribution >= 0.6 is 23.6 Å². The van der Waals surface area contributed by atoms with E-state index in [4.69, 9.17) is 16.2 Å². The van der Waals surface area contributed by atoms with E-state index < -0.39 is 11.0 Å². The van der Waals surface area contributed by atoms with Gasteiger partial charge in [0.15, 0.2) is 0 Å². The molecule has 0 aliphatic carbocycles. The summed E-state index contributed by atoms with van der Waals surface area (Å²) >= 11 is 7.15. The van der Waals surface area contributed by atoms with E-state index in [1.54, 1.807) is 0 Å². The Balaban J connectivity index is 2.14. The van der Waals surface area contributed by atoms with E-state index in [9.17, 15) is 4.21 Å². The molecule has 0 amide bonds. The molecule has 3 nitrogen and oxygen atoms in total. The number of aryl methyl sites for hydroxylation is 1. The van der Waals surface area contributed by atoms with Crippen LogP contribution in [0.5, 0.6) is 0 Å². The van der Waals surface area contributed by atoms with Gasteiger partial charge in [0, 0.05) is 18.3 Å². The molecule has 6 heteroatoms. The number of hydrogen-bond donors (Lipinski definition) is 1. The van der Waals surface area contributed by atoms with Gasteiger partial charge in [-0.1, -0.05) is 30.2 Å². The largest absolute Gasteiger partial charge is 0.330 e. The summed E-state index contributed by atoms with van der Waals surface area (Å²) in [5, 5.41) is 0.587. The second-order valence-electron chi connectivity index (χ2n) is 5.40. The topological polar surface area (TPSA) is 40.5 Å². The fourth-order valence-electron chi connectivity index (χ4n) is 2.82. The molecule has 0 bridgehead atoms. The van der Waals surface area contributed by atoms with Crippen LogP contribution in [-0.2, 0) is 11.0 Å². The summed E-state index contributed by atoms with van der Waals surface area (Å²) in [6, 6.07) is 5.98. The highest BCUT2D eigenvalue weighted by atomic mass is 35.5. The molecule has 2 rings (SSSR count). The molecule has 1 N–H and O–H groups in total. The van der Waals surface area contributed by atoms with Gasteiger partial charge in [-0.3, -0.25) is 0 Å². The normalized spacial score (nSPS) is 21.4. The number of benzene rings is 1. The molecule has 1 heterocycles. The fraction of sp³-hybridized carbons (Fsp3) is 0.600. The monoisotopic (exact) mass is 347 g/mol. The second-order valence-corrected chi connectivity index (χ2v) is 7.85. The lowest BCUT2D eigenvalue weighted by Gasteiger charge is -2.34. The molecule has 118 valence electrons. The number of piperidine rings is 1. The van der Waals surface area contributed by atoms with Gasteiger partial charge in [0.05, 0.1) is 9.92 Å². The maximum Gasteiger partial charge on any atom is 0.129 e. The predicted molar refractivity (Wildman–Crippen MR) is 91.3 cm³/mol. The number of rotatable bonds is 6. The van der Waals surface area contributed by atoms with E-state index >= 15 is 0 Å². The van der Waals surface area contributed by atoms with Gasteiger partial charge in [0.1, 0.15) is 11.0 Å². The quantitative estimate of drug-likeness (QED) is 0.608. The molecule has 1 fully saturated rings. The van der Waals surface area contributed by atoms with Crippen molar-refractivity contribution in [3.8, 4) is 0 Å². The average molecular weight is 348 g/mol. The molecule has 2 unspecified atom stereocenters. The number of nitrogens with zero attached hydrogens (tertiary/aromatic N) is 1. The van der Waals surface area contributed by atoms with E-state index in [0.717, 1.165) is 60.5 Å². The van der Waals surface area contributed by atoms with Gasteiger partial charge in [-0.05, 0) is 56.3 Å². The Kier molecular flexibility index (Phi) is 7.02. The van der Waals surface area contributed by atoms with Crippen LogP contribution in [0.25, 0.3) is 0 Å². The van der Waals surface area contributed by atoms with Crippen molar-refractivity contribution < 1.29 is 8.76 Å². The van der Waals surface area contributed by atoms with Crippen molar-refractivity contribution in [1.82, 2.24) is 4.31 Å². The van der Waals surface area contributed by atoms with Gasteiger partial charge >= 0.3 is 0 Å². The summed E-state index contributed by atoms with van der Waals surface area (Å²) < 4.78 is 23.9. The third-order valence-corrected chi connectivity index (χ3v) is 6.59. The highest BCUT2D eigenvalue weighted by Gasteiger charge is 2.29. The van der Waals surface area contributed by atoms with E-state index in [0.29, 0.717) is 11.1 Å². The van der Waals surface area contributed by atoms with Gasteiger partial charge in [-0.15, -0.1) is 0 Å². The number of hydrogen-bond acceptors (Lipinski definition) is 3. The van der Waals surface area contributed by atoms with E-state index in [1.807, 2.05) is 25.1 Å². The average Bonchev–Trinajstić information content (AvgIpc) is 2.47. The maximum atomic E-state index is 13.0. The molecule has 21 heavy (non-hydrogen) atoms. The van der Waals surface area contributed by atoms with Gasteiger partial charge < -0.3 is 4.55 Å². The summed E-state index contributed by atoms with van der Waals surface area (Å²) in [6.45, 7) is 2.81. The van der Waals surface area contributed by atoms with Crippen LogP contribution in [0.4, 0.5) is 0 Å². The summed E-state index contributed by atoms with van der Waals surface area (Å²) in [4.78, 5) is 0.752. The van der Waals surface area contributed by atoms with Gasteiger partial charge in [-0.25, -0.2) is 8.51 Å². The standard InChI is InChI=1S/C15H22ClNO2S2/c1-12-6-4-9-14(16)15(12)21(19)17-10-3-2-7-13(17)8-5-11-20-18/h4,6,9,13,18H,2-3,5,7-8,10-11H2,1H3. The molecule has 1 aromatic rings.